The first-order chi connectivity index (χ1) is 15.4. The number of nitrogens with one attached hydrogen (secondary N) is 1. The molecular weight excluding hydrogens is 432 g/mol. The highest BCUT2D eigenvalue weighted by Gasteiger charge is 2.20. The van der Waals surface area contributed by atoms with Crippen molar-refractivity contribution in [2.24, 2.45) is 9.63 Å². The number of hydrogen-bond donors (Lipinski definition) is 3. The molecule has 3 N–H and O–H groups in total. The Kier molecular flexibility index (Phi) is 5.61. The zero-order valence-electron chi connectivity index (χ0n) is 16.6. The highest BCUT2D eigenvalue weighted by atomic mass is 32.2. The molecule has 0 radical (unpaired) electrons. The summed E-state index contributed by atoms with van der Waals surface area (Å²) >= 11 is 0. The van der Waals surface area contributed by atoms with Gasteiger partial charge in [-0.15, -0.1) is 5.11 Å². The van der Waals surface area contributed by atoms with Gasteiger partial charge in [-0.05, 0) is 30.3 Å². The van der Waals surface area contributed by atoms with Crippen LogP contribution >= 0.6 is 0 Å². The molecule has 32 heavy (non-hydrogen) atoms. The average molecular weight is 450 g/mol. The molecule has 0 unspecified atom stereocenters. The summed E-state index contributed by atoms with van der Waals surface area (Å²) in [4.78, 5) is 12.5. The van der Waals surface area contributed by atoms with Crippen LogP contribution in [0.1, 0.15) is 0 Å². The number of para-hydroxylation sites is 3. The van der Waals surface area contributed by atoms with Crippen LogP contribution < -0.4 is 5.32 Å². The number of hydrogen-bond acceptors (Lipinski definition) is 6. The lowest BCUT2D eigenvalue weighted by Crippen LogP contribution is -2.18. The SMILES string of the molecule is O=C(Cn1c(O)c(N=NS(=O)(=O)c2ccccc2)c2ccccc21)Nc1ccccc1O. The average Bonchev–Trinajstić information content (AvgIpc) is 3.05. The third-order valence-corrected chi connectivity index (χ3v) is 5.85. The highest BCUT2D eigenvalue weighted by molar-refractivity contribution is 7.90. The van der Waals surface area contributed by atoms with Gasteiger partial charge in [-0.1, -0.05) is 53.1 Å². The summed E-state index contributed by atoms with van der Waals surface area (Å²) in [6.07, 6.45) is 0. The number of sulfonamides is 1. The molecule has 162 valence electrons. The fourth-order valence-electron chi connectivity index (χ4n) is 3.18. The Labute approximate surface area is 183 Å². The third-order valence-electron chi connectivity index (χ3n) is 4.69. The zero-order chi connectivity index (χ0) is 22.7. The first kappa shape index (κ1) is 21.1. The number of benzene rings is 3. The van der Waals surface area contributed by atoms with E-state index in [0.29, 0.717) is 10.9 Å². The molecular formula is C22H18N4O5S. The summed E-state index contributed by atoms with van der Waals surface area (Å²) in [5.41, 5.74) is 0.612. The maximum absolute atomic E-state index is 12.5. The summed E-state index contributed by atoms with van der Waals surface area (Å²) in [6.45, 7) is -0.304. The van der Waals surface area contributed by atoms with E-state index in [4.69, 9.17) is 0 Å². The minimum atomic E-state index is -4.07. The molecule has 0 spiro atoms. The number of nitrogens with zero attached hydrogens (tertiary/aromatic N) is 3. The van der Waals surface area contributed by atoms with Crippen molar-refractivity contribution in [2.75, 3.05) is 5.32 Å². The number of carbonyl (C=O) groups is 1. The van der Waals surface area contributed by atoms with Gasteiger partial charge in [-0.2, -0.15) is 8.42 Å². The molecule has 0 aliphatic heterocycles. The van der Waals surface area contributed by atoms with E-state index in [-0.39, 0.29) is 28.6 Å². The first-order valence-electron chi connectivity index (χ1n) is 9.48. The maximum Gasteiger partial charge on any atom is 0.299 e. The summed E-state index contributed by atoms with van der Waals surface area (Å²) in [5.74, 6) is -1.02. The van der Waals surface area contributed by atoms with Gasteiger partial charge in [-0.25, -0.2) is 0 Å². The number of rotatable bonds is 6. The number of amides is 1. The molecule has 9 nitrogen and oxygen atoms in total. The van der Waals surface area contributed by atoms with Crippen LogP contribution in [-0.4, -0.2) is 29.1 Å². The molecule has 10 heteroatoms. The summed E-state index contributed by atoms with van der Waals surface area (Å²) < 4.78 is 29.6. The fraction of sp³-hybridized carbons (Fsp3) is 0.0455. The number of phenolic OH excluding ortho intramolecular Hbond substituents is 1. The van der Waals surface area contributed by atoms with Crippen LogP contribution in [-0.2, 0) is 21.4 Å². The van der Waals surface area contributed by atoms with Crippen molar-refractivity contribution in [1.29, 1.82) is 0 Å². The van der Waals surface area contributed by atoms with Crippen molar-refractivity contribution in [3.8, 4) is 11.6 Å². The van der Waals surface area contributed by atoms with Crippen LogP contribution in [0, 0.1) is 0 Å². The van der Waals surface area contributed by atoms with Gasteiger partial charge in [0.05, 0.1) is 16.1 Å². The predicted molar refractivity (Wildman–Crippen MR) is 118 cm³/mol. The molecule has 1 aromatic heterocycles. The lowest BCUT2D eigenvalue weighted by atomic mass is 10.2. The maximum atomic E-state index is 12.5. The minimum Gasteiger partial charge on any atom is -0.506 e. The Morgan fingerprint density at radius 1 is 0.906 bits per heavy atom. The Hall–Kier alpha value is -4.18. The molecule has 1 amide bonds. The van der Waals surface area contributed by atoms with E-state index in [9.17, 15) is 23.4 Å². The molecule has 4 rings (SSSR count). The van der Waals surface area contributed by atoms with Crippen LogP contribution in [0.25, 0.3) is 10.9 Å². The first-order valence-corrected chi connectivity index (χ1v) is 10.9. The van der Waals surface area contributed by atoms with E-state index in [1.54, 1.807) is 54.6 Å². The van der Waals surface area contributed by atoms with Crippen molar-refractivity contribution in [3.05, 3.63) is 78.9 Å². The van der Waals surface area contributed by atoms with Crippen molar-refractivity contribution < 1.29 is 23.4 Å². The van der Waals surface area contributed by atoms with Gasteiger partial charge in [0.15, 0.2) is 5.69 Å². The van der Waals surface area contributed by atoms with Gasteiger partial charge in [0.1, 0.15) is 12.3 Å². The number of fused-ring (bicyclic) bond motifs is 1. The van der Waals surface area contributed by atoms with Gasteiger partial charge in [0, 0.05) is 5.39 Å². The van der Waals surface area contributed by atoms with Crippen molar-refractivity contribution in [1.82, 2.24) is 4.57 Å². The summed E-state index contributed by atoms with van der Waals surface area (Å²) in [7, 11) is -4.07. The number of anilines is 1. The second kappa shape index (κ2) is 8.52. The van der Waals surface area contributed by atoms with Crippen LogP contribution in [0.2, 0.25) is 0 Å². The quantitative estimate of drug-likeness (QED) is 0.300. The lowest BCUT2D eigenvalue weighted by molar-refractivity contribution is -0.116. The van der Waals surface area contributed by atoms with E-state index in [1.165, 1.54) is 28.8 Å². The number of phenols is 1. The summed E-state index contributed by atoms with van der Waals surface area (Å²) in [6, 6.07) is 20.5. The van der Waals surface area contributed by atoms with Gasteiger partial charge in [0.25, 0.3) is 10.0 Å². The molecule has 1 heterocycles. The Balaban J connectivity index is 1.68. The monoisotopic (exact) mass is 450 g/mol. The minimum absolute atomic E-state index is 0.0333. The lowest BCUT2D eigenvalue weighted by Gasteiger charge is -2.09. The van der Waals surface area contributed by atoms with E-state index in [2.05, 4.69) is 15.0 Å². The highest BCUT2D eigenvalue weighted by Crippen LogP contribution is 2.39. The molecule has 0 saturated heterocycles. The Morgan fingerprint density at radius 3 is 2.31 bits per heavy atom. The molecule has 0 bridgehead atoms. The fourth-order valence-corrected chi connectivity index (χ4v) is 3.96. The molecule has 0 atom stereocenters. The smallest absolute Gasteiger partial charge is 0.299 e. The van der Waals surface area contributed by atoms with Crippen molar-refractivity contribution in [2.45, 2.75) is 11.4 Å². The van der Waals surface area contributed by atoms with Crippen LogP contribution in [0.3, 0.4) is 0 Å². The van der Waals surface area contributed by atoms with E-state index in [1.807, 2.05) is 0 Å². The summed E-state index contributed by atoms with van der Waals surface area (Å²) in [5, 5.41) is 27.4. The normalized spacial score (nSPS) is 11.8. The van der Waals surface area contributed by atoms with E-state index >= 15 is 0 Å². The molecule has 0 fully saturated rings. The molecule has 3 aromatic carbocycles. The predicted octanol–water partition coefficient (Wildman–Crippen LogP) is 4.16. The number of aromatic nitrogens is 1. The van der Waals surface area contributed by atoms with Crippen LogP contribution in [0.4, 0.5) is 11.4 Å². The van der Waals surface area contributed by atoms with Crippen molar-refractivity contribution >= 4 is 38.2 Å². The molecule has 4 aromatic rings. The number of carbonyl (C=O) groups excluding carboxylic acids is 1. The standard InChI is InChI=1S/C22H18N4O5S/c27-19-13-7-5-11-17(19)23-20(28)14-26-18-12-6-4-10-16(18)21(22(26)29)24-25-32(30,31)15-8-2-1-3-9-15/h1-13,27,29H,14H2,(H,23,28). The van der Waals surface area contributed by atoms with Gasteiger partial charge in [0.2, 0.25) is 11.8 Å². The zero-order valence-corrected chi connectivity index (χ0v) is 17.4. The van der Waals surface area contributed by atoms with Gasteiger partial charge >= 0.3 is 0 Å². The second-order valence-corrected chi connectivity index (χ2v) is 8.40. The second-order valence-electron chi connectivity index (χ2n) is 6.81. The molecule has 0 aliphatic carbocycles. The largest absolute Gasteiger partial charge is 0.506 e. The van der Waals surface area contributed by atoms with Crippen molar-refractivity contribution in [3.63, 3.8) is 0 Å². The van der Waals surface area contributed by atoms with Crippen LogP contribution in [0.15, 0.2) is 93.4 Å². The topological polar surface area (TPSA) is 133 Å². The number of aromatic hydroxyl groups is 2. The van der Waals surface area contributed by atoms with Crippen LogP contribution in [0.5, 0.6) is 11.6 Å². The molecule has 0 saturated carbocycles. The Bertz CT molecular complexity index is 1430. The Morgan fingerprint density at radius 2 is 1.56 bits per heavy atom. The van der Waals surface area contributed by atoms with Gasteiger partial charge in [-0.3, -0.25) is 4.79 Å². The van der Waals surface area contributed by atoms with Gasteiger partial charge < -0.3 is 20.1 Å². The van der Waals surface area contributed by atoms with E-state index in [0.717, 1.165) is 0 Å². The molecule has 0 aliphatic rings. The third kappa shape index (κ3) is 4.16. The van der Waals surface area contributed by atoms with E-state index < -0.39 is 21.8 Å².